The second-order valence-corrected chi connectivity index (χ2v) is 6.30. The van der Waals surface area contributed by atoms with Crippen LogP contribution in [-0.2, 0) is 4.74 Å². The van der Waals surface area contributed by atoms with E-state index in [0.717, 1.165) is 25.7 Å². The van der Waals surface area contributed by atoms with E-state index in [-0.39, 0.29) is 17.5 Å². The first-order valence-corrected chi connectivity index (χ1v) is 8.53. The maximum absolute atomic E-state index is 12.6. The third kappa shape index (κ3) is 4.01. The largest absolute Gasteiger partial charge is 0.497 e. The van der Waals surface area contributed by atoms with Crippen LogP contribution < -0.4 is 10.1 Å². The lowest BCUT2D eigenvalue weighted by Crippen LogP contribution is -2.38. The van der Waals surface area contributed by atoms with Gasteiger partial charge in [-0.05, 0) is 43.9 Å². The van der Waals surface area contributed by atoms with Gasteiger partial charge in [0.05, 0.1) is 25.8 Å². The van der Waals surface area contributed by atoms with E-state index in [1.807, 2.05) is 4.68 Å². The number of esters is 1. The van der Waals surface area contributed by atoms with Crippen molar-refractivity contribution in [3.05, 3.63) is 42.0 Å². The minimum absolute atomic E-state index is 0.0926. The number of nitrogens with zero attached hydrogens (tertiary/aromatic N) is 3. The molecule has 1 aliphatic rings. The van der Waals surface area contributed by atoms with Gasteiger partial charge in [-0.3, -0.25) is 4.79 Å². The Morgan fingerprint density at radius 1 is 1.12 bits per heavy atom. The maximum atomic E-state index is 12.6. The zero-order valence-electron chi connectivity index (χ0n) is 14.8. The average Bonchev–Trinajstić information content (AvgIpc) is 3.22. The minimum atomic E-state index is -0.508. The molecule has 0 atom stereocenters. The Morgan fingerprint density at radius 3 is 2.46 bits per heavy atom. The van der Waals surface area contributed by atoms with Crippen molar-refractivity contribution in [2.75, 3.05) is 14.2 Å². The van der Waals surface area contributed by atoms with Gasteiger partial charge in [-0.2, -0.15) is 5.10 Å². The van der Waals surface area contributed by atoms with Crippen LogP contribution in [0.4, 0.5) is 0 Å². The van der Waals surface area contributed by atoms with E-state index in [0.29, 0.717) is 17.4 Å². The van der Waals surface area contributed by atoms with Crippen molar-refractivity contribution in [3.63, 3.8) is 0 Å². The summed E-state index contributed by atoms with van der Waals surface area (Å²) in [4.78, 5) is 28.4. The molecule has 1 aromatic heterocycles. The van der Waals surface area contributed by atoms with Crippen LogP contribution in [0.2, 0.25) is 0 Å². The summed E-state index contributed by atoms with van der Waals surface area (Å²) in [5.41, 5.74) is 0.662. The zero-order chi connectivity index (χ0) is 18.5. The molecule has 1 fully saturated rings. The van der Waals surface area contributed by atoms with Crippen LogP contribution in [0.5, 0.6) is 5.75 Å². The Hall–Kier alpha value is -2.90. The van der Waals surface area contributed by atoms with E-state index in [1.165, 1.54) is 26.6 Å². The number of nitrogens with one attached hydrogen (secondary N) is 1. The third-order valence-electron chi connectivity index (χ3n) is 4.67. The molecule has 8 heteroatoms. The predicted octanol–water partition coefficient (Wildman–Crippen LogP) is 1.99. The molecular formula is C18H22N4O4. The molecule has 0 saturated heterocycles. The summed E-state index contributed by atoms with van der Waals surface area (Å²) in [5.74, 6) is -0.294. The van der Waals surface area contributed by atoms with Gasteiger partial charge < -0.3 is 14.8 Å². The Balaban J connectivity index is 1.64. The Labute approximate surface area is 151 Å². The Bertz CT molecular complexity index is 768. The summed E-state index contributed by atoms with van der Waals surface area (Å²) in [7, 11) is 2.79. The SMILES string of the molecule is COC(=O)c1cc(OC)cc(C(=O)NC2CCC(n3cncn3)CC2)c1. The highest BCUT2D eigenvalue weighted by Gasteiger charge is 2.24. The second kappa shape index (κ2) is 7.99. The molecule has 1 N–H and O–H groups in total. The molecule has 2 aromatic rings. The number of aromatic nitrogens is 3. The van der Waals surface area contributed by atoms with E-state index in [4.69, 9.17) is 9.47 Å². The van der Waals surface area contributed by atoms with Gasteiger partial charge in [-0.15, -0.1) is 0 Å². The van der Waals surface area contributed by atoms with Gasteiger partial charge in [0.2, 0.25) is 0 Å². The summed E-state index contributed by atoms with van der Waals surface area (Å²) in [6.07, 6.45) is 6.86. The molecule has 0 bridgehead atoms. The van der Waals surface area contributed by atoms with Crippen LogP contribution in [0.25, 0.3) is 0 Å². The summed E-state index contributed by atoms with van der Waals surface area (Å²) < 4.78 is 11.8. The lowest BCUT2D eigenvalue weighted by molar-refractivity contribution is 0.0600. The molecule has 1 aromatic carbocycles. The van der Waals surface area contributed by atoms with Gasteiger partial charge in [0.15, 0.2) is 0 Å². The fraction of sp³-hybridized carbons (Fsp3) is 0.444. The summed E-state index contributed by atoms with van der Waals surface area (Å²) in [6, 6.07) is 5.10. The monoisotopic (exact) mass is 358 g/mol. The van der Waals surface area contributed by atoms with E-state index in [9.17, 15) is 9.59 Å². The van der Waals surface area contributed by atoms with Crippen molar-refractivity contribution in [2.24, 2.45) is 0 Å². The first-order chi connectivity index (χ1) is 12.6. The summed E-state index contributed by atoms with van der Waals surface area (Å²) >= 11 is 0. The lowest BCUT2D eigenvalue weighted by atomic mass is 9.91. The van der Waals surface area contributed by atoms with Gasteiger partial charge in [-0.1, -0.05) is 0 Å². The van der Waals surface area contributed by atoms with Gasteiger partial charge in [-0.25, -0.2) is 14.5 Å². The molecule has 1 saturated carbocycles. The van der Waals surface area contributed by atoms with Crippen LogP contribution in [0.3, 0.4) is 0 Å². The van der Waals surface area contributed by atoms with Crippen molar-refractivity contribution >= 4 is 11.9 Å². The van der Waals surface area contributed by atoms with Crippen molar-refractivity contribution in [1.29, 1.82) is 0 Å². The number of ether oxygens (including phenoxy) is 2. The predicted molar refractivity (Wildman–Crippen MR) is 93.1 cm³/mol. The molecule has 1 heterocycles. The molecule has 0 spiro atoms. The molecule has 1 amide bonds. The Morgan fingerprint density at radius 2 is 1.85 bits per heavy atom. The molecular weight excluding hydrogens is 336 g/mol. The lowest BCUT2D eigenvalue weighted by Gasteiger charge is -2.29. The number of carbonyl (C=O) groups is 2. The number of hydrogen-bond acceptors (Lipinski definition) is 6. The topological polar surface area (TPSA) is 95.3 Å². The molecule has 3 rings (SSSR count). The van der Waals surface area contributed by atoms with E-state index < -0.39 is 5.97 Å². The minimum Gasteiger partial charge on any atom is -0.497 e. The highest BCUT2D eigenvalue weighted by Crippen LogP contribution is 2.28. The van der Waals surface area contributed by atoms with Crippen LogP contribution in [-0.4, -0.2) is 46.9 Å². The molecule has 138 valence electrons. The first-order valence-electron chi connectivity index (χ1n) is 8.53. The molecule has 26 heavy (non-hydrogen) atoms. The summed E-state index contributed by atoms with van der Waals surface area (Å²) in [6.45, 7) is 0. The highest BCUT2D eigenvalue weighted by molar-refractivity contribution is 5.98. The number of carbonyl (C=O) groups excluding carboxylic acids is 2. The number of amides is 1. The van der Waals surface area contributed by atoms with Crippen molar-refractivity contribution in [1.82, 2.24) is 20.1 Å². The fourth-order valence-corrected chi connectivity index (χ4v) is 3.24. The van der Waals surface area contributed by atoms with Crippen LogP contribution >= 0.6 is 0 Å². The molecule has 0 aliphatic heterocycles. The average molecular weight is 358 g/mol. The second-order valence-electron chi connectivity index (χ2n) is 6.30. The van der Waals surface area contributed by atoms with Gasteiger partial charge >= 0.3 is 5.97 Å². The zero-order valence-corrected chi connectivity index (χ0v) is 14.8. The smallest absolute Gasteiger partial charge is 0.338 e. The maximum Gasteiger partial charge on any atom is 0.338 e. The first kappa shape index (κ1) is 17.9. The van der Waals surface area contributed by atoms with Gasteiger partial charge in [0, 0.05) is 11.6 Å². The molecule has 8 nitrogen and oxygen atoms in total. The highest BCUT2D eigenvalue weighted by atomic mass is 16.5. The van der Waals surface area contributed by atoms with Gasteiger partial charge in [0.25, 0.3) is 5.91 Å². The number of rotatable bonds is 5. The number of benzene rings is 1. The van der Waals surface area contributed by atoms with Crippen LogP contribution in [0.1, 0.15) is 52.4 Å². The normalized spacial score (nSPS) is 19.6. The van der Waals surface area contributed by atoms with Crippen LogP contribution in [0.15, 0.2) is 30.9 Å². The number of methoxy groups -OCH3 is 2. The Kier molecular flexibility index (Phi) is 5.50. The molecule has 0 radical (unpaired) electrons. The fourth-order valence-electron chi connectivity index (χ4n) is 3.24. The van der Waals surface area contributed by atoms with Gasteiger partial charge in [0.1, 0.15) is 18.4 Å². The summed E-state index contributed by atoms with van der Waals surface area (Å²) in [5, 5.41) is 7.23. The van der Waals surface area contributed by atoms with E-state index in [2.05, 4.69) is 15.4 Å². The standard InChI is InChI=1S/C18H22N4O4/c1-25-16-8-12(7-13(9-16)18(24)26-2)17(23)21-14-3-5-15(6-4-14)22-11-19-10-20-22/h7-11,14-15H,3-6H2,1-2H3,(H,21,23). The molecule has 1 aliphatic carbocycles. The van der Waals surface area contributed by atoms with E-state index >= 15 is 0 Å². The van der Waals surface area contributed by atoms with Crippen molar-refractivity contribution in [3.8, 4) is 5.75 Å². The number of hydrogen-bond donors (Lipinski definition) is 1. The van der Waals surface area contributed by atoms with E-state index in [1.54, 1.807) is 18.5 Å². The van der Waals surface area contributed by atoms with Crippen LogP contribution in [0, 0.1) is 0 Å². The van der Waals surface area contributed by atoms with Crippen molar-refractivity contribution in [2.45, 2.75) is 37.8 Å². The quantitative estimate of drug-likeness (QED) is 0.821. The third-order valence-corrected chi connectivity index (χ3v) is 4.67. The molecule has 0 unspecified atom stereocenters. The van der Waals surface area contributed by atoms with Crippen molar-refractivity contribution < 1.29 is 19.1 Å².